The summed E-state index contributed by atoms with van der Waals surface area (Å²) in [6.07, 6.45) is 2.93. The molecule has 1 unspecified atom stereocenters. The number of methoxy groups -OCH3 is 1. The Morgan fingerprint density at radius 3 is 2.45 bits per heavy atom. The Bertz CT molecular complexity index is 1210. The number of rotatable bonds is 4. The Kier molecular flexibility index (Phi) is 5.21. The number of anilines is 1. The zero-order valence-electron chi connectivity index (χ0n) is 16.3. The van der Waals surface area contributed by atoms with Crippen molar-refractivity contribution in [3.63, 3.8) is 0 Å². The molecule has 1 aromatic heterocycles. The molecule has 1 fully saturated rings. The first-order valence-electron chi connectivity index (χ1n) is 9.22. The minimum absolute atomic E-state index is 0.0208. The summed E-state index contributed by atoms with van der Waals surface area (Å²) in [6.45, 7) is 0. The molecule has 0 bridgehead atoms. The fourth-order valence-electron chi connectivity index (χ4n) is 3.52. The van der Waals surface area contributed by atoms with Gasteiger partial charge in [-0.3, -0.25) is 19.5 Å². The van der Waals surface area contributed by atoms with Crippen LogP contribution in [0.3, 0.4) is 0 Å². The van der Waals surface area contributed by atoms with Gasteiger partial charge in [0.25, 0.3) is 11.7 Å². The number of aromatic nitrogens is 1. The van der Waals surface area contributed by atoms with Crippen molar-refractivity contribution in [2.24, 2.45) is 0 Å². The predicted molar refractivity (Wildman–Crippen MR) is 108 cm³/mol. The molecule has 0 spiro atoms. The predicted octanol–water partition coefficient (Wildman–Crippen LogP) is 3.99. The molecule has 2 aromatic carbocycles. The van der Waals surface area contributed by atoms with Gasteiger partial charge in [0.15, 0.2) is 11.6 Å². The SMILES string of the molecule is COc1cccc(/C(O)=C2\C(=O)C(=O)N(c3ccc(F)c(F)c3)C2c2ccncc2)c1. The quantitative estimate of drug-likeness (QED) is 0.391. The smallest absolute Gasteiger partial charge is 0.300 e. The van der Waals surface area contributed by atoms with Crippen molar-refractivity contribution in [2.75, 3.05) is 12.0 Å². The molecule has 31 heavy (non-hydrogen) atoms. The fraction of sp³-hybridized carbons (Fsp3) is 0.0870. The number of halogens is 2. The van der Waals surface area contributed by atoms with E-state index in [1.807, 2.05) is 0 Å². The van der Waals surface area contributed by atoms with Crippen molar-refractivity contribution in [1.82, 2.24) is 4.98 Å². The van der Waals surface area contributed by atoms with Crippen molar-refractivity contribution >= 4 is 23.1 Å². The van der Waals surface area contributed by atoms with Crippen molar-refractivity contribution in [2.45, 2.75) is 6.04 Å². The number of carbonyl (C=O) groups is 2. The molecule has 0 saturated carbocycles. The van der Waals surface area contributed by atoms with E-state index in [9.17, 15) is 23.5 Å². The summed E-state index contributed by atoms with van der Waals surface area (Å²) < 4.78 is 32.5. The largest absolute Gasteiger partial charge is 0.507 e. The van der Waals surface area contributed by atoms with Crippen LogP contribution in [0.2, 0.25) is 0 Å². The lowest BCUT2D eigenvalue weighted by molar-refractivity contribution is -0.132. The summed E-state index contributed by atoms with van der Waals surface area (Å²) in [5.41, 5.74) is 0.520. The maximum absolute atomic E-state index is 13.9. The second-order valence-electron chi connectivity index (χ2n) is 6.78. The maximum atomic E-state index is 13.9. The molecule has 6 nitrogen and oxygen atoms in total. The van der Waals surface area contributed by atoms with Gasteiger partial charge >= 0.3 is 0 Å². The number of carbonyl (C=O) groups excluding carboxylic acids is 2. The zero-order valence-corrected chi connectivity index (χ0v) is 16.3. The van der Waals surface area contributed by atoms with Gasteiger partial charge in [0.1, 0.15) is 11.5 Å². The third kappa shape index (κ3) is 3.52. The van der Waals surface area contributed by atoms with E-state index >= 15 is 0 Å². The van der Waals surface area contributed by atoms with E-state index in [1.165, 1.54) is 31.6 Å². The van der Waals surface area contributed by atoms with E-state index in [0.29, 0.717) is 11.3 Å². The summed E-state index contributed by atoms with van der Waals surface area (Å²) in [7, 11) is 1.46. The molecule has 1 saturated heterocycles. The number of Topliss-reactive ketones (excluding diaryl/α,β-unsaturated/α-hetero) is 1. The van der Waals surface area contributed by atoms with Crippen molar-refractivity contribution < 1.29 is 28.2 Å². The van der Waals surface area contributed by atoms with Crippen LogP contribution in [0.25, 0.3) is 5.76 Å². The Morgan fingerprint density at radius 1 is 1.03 bits per heavy atom. The van der Waals surface area contributed by atoms with Gasteiger partial charge in [-0.1, -0.05) is 12.1 Å². The van der Waals surface area contributed by atoms with Crippen LogP contribution in [0.1, 0.15) is 17.2 Å². The molecule has 3 aromatic rings. The summed E-state index contributed by atoms with van der Waals surface area (Å²) in [5, 5.41) is 11.0. The van der Waals surface area contributed by atoms with E-state index in [2.05, 4.69) is 4.98 Å². The summed E-state index contributed by atoms with van der Waals surface area (Å²) >= 11 is 0. The first-order valence-corrected chi connectivity index (χ1v) is 9.22. The second-order valence-corrected chi connectivity index (χ2v) is 6.78. The highest BCUT2D eigenvalue weighted by atomic mass is 19.2. The van der Waals surface area contributed by atoms with Crippen molar-refractivity contribution in [3.8, 4) is 5.75 Å². The number of hydrogen-bond donors (Lipinski definition) is 1. The van der Waals surface area contributed by atoms with Gasteiger partial charge in [-0.25, -0.2) is 8.78 Å². The molecular weight excluding hydrogens is 406 g/mol. The van der Waals surface area contributed by atoms with Crippen molar-refractivity contribution in [1.29, 1.82) is 0 Å². The summed E-state index contributed by atoms with van der Waals surface area (Å²) in [5.74, 6) is -4.15. The maximum Gasteiger partial charge on any atom is 0.300 e. The number of ether oxygens (including phenoxy) is 1. The molecule has 156 valence electrons. The lowest BCUT2D eigenvalue weighted by atomic mass is 9.95. The molecule has 1 aliphatic rings. The summed E-state index contributed by atoms with van der Waals surface area (Å²) in [6, 6.07) is 11.3. The van der Waals surface area contributed by atoms with E-state index in [-0.39, 0.29) is 16.8 Å². The van der Waals surface area contributed by atoms with Gasteiger partial charge in [0.05, 0.1) is 18.7 Å². The number of aliphatic hydroxyl groups is 1. The van der Waals surface area contributed by atoms with Crippen LogP contribution >= 0.6 is 0 Å². The Morgan fingerprint density at radius 2 is 1.77 bits per heavy atom. The molecule has 1 aliphatic heterocycles. The standard InChI is InChI=1S/C23H16F2N2O4/c1-31-16-4-2-3-14(11-16)21(28)19-20(13-7-9-26-10-8-13)27(23(30)22(19)29)15-5-6-17(24)18(25)12-15/h2-12,20,28H,1H3/b21-19+. The number of benzene rings is 2. The molecular formula is C23H16F2N2O4. The van der Waals surface area contributed by atoms with Gasteiger partial charge in [-0.05, 0) is 42.0 Å². The van der Waals surface area contributed by atoms with E-state index in [0.717, 1.165) is 17.0 Å². The molecule has 2 heterocycles. The number of hydrogen-bond acceptors (Lipinski definition) is 5. The molecule has 8 heteroatoms. The Hall–Kier alpha value is -4.07. The average molecular weight is 422 g/mol. The highest BCUT2D eigenvalue weighted by molar-refractivity contribution is 6.51. The Labute approximate surface area is 176 Å². The zero-order chi connectivity index (χ0) is 22.1. The first-order chi connectivity index (χ1) is 14.9. The number of amides is 1. The number of aliphatic hydroxyl groups excluding tert-OH is 1. The first kappa shape index (κ1) is 20.2. The lowest BCUT2D eigenvalue weighted by Crippen LogP contribution is -2.29. The van der Waals surface area contributed by atoms with Crippen LogP contribution in [-0.4, -0.2) is 28.9 Å². The van der Waals surface area contributed by atoms with Crippen LogP contribution in [-0.2, 0) is 9.59 Å². The average Bonchev–Trinajstić information content (AvgIpc) is 3.06. The number of nitrogens with zero attached hydrogens (tertiary/aromatic N) is 2. The van der Waals surface area contributed by atoms with Crippen molar-refractivity contribution in [3.05, 3.63) is 95.3 Å². The third-order valence-corrected chi connectivity index (χ3v) is 4.99. The summed E-state index contributed by atoms with van der Waals surface area (Å²) in [4.78, 5) is 30.9. The van der Waals surface area contributed by atoms with E-state index in [1.54, 1.807) is 30.3 Å². The topological polar surface area (TPSA) is 79.7 Å². The minimum atomic E-state index is -1.17. The molecule has 1 amide bonds. The molecule has 0 aliphatic carbocycles. The molecule has 1 N–H and O–H groups in total. The van der Waals surface area contributed by atoms with E-state index in [4.69, 9.17) is 4.74 Å². The highest BCUT2D eigenvalue weighted by Crippen LogP contribution is 2.42. The van der Waals surface area contributed by atoms with Crippen LogP contribution in [0, 0.1) is 11.6 Å². The van der Waals surface area contributed by atoms with Gasteiger partial charge in [0, 0.05) is 29.7 Å². The minimum Gasteiger partial charge on any atom is -0.507 e. The fourth-order valence-corrected chi connectivity index (χ4v) is 3.52. The van der Waals surface area contributed by atoms with Gasteiger partial charge in [0.2, 0.25) is 0 Å². The molecule has 1 atom stereocenters. The van der Waals surface area contributed by atoms with Gasteiger partial charge < -0.3 is 9.84 Å². The van der Waals surface area contributed by atoms with Crippen LogP contribution in [0.4, 0.5) is 14.5 Å². The molecule has 4 rings (SSSR count). The third-order valence-electron chi connectivity index (χ3n) is 4.99. The van der Waals surface area contributed by atoms with Gasteiger partial charge in [-0.2, -0.15) is 0 Å². The van der Waals surface area contributed by atoms with Gasteiger partial charge in [-0.15, -0.1) is 0 Å². The second kappa shape index (κ2) is 7.98. The number of ketones is 1. The Balaban J connectivity index is 1.94. The van der Waals surface area contributed by atoms with E-state index < -0.39 is 35.1 Å². The lowest BCUT2D eigenvalue weighted by Gasteiger charge is -2.25. The normalized spacial score (nSPS) is 17.8. The molecule has 0 radical (unpaired) electrons. The number of pyridine rings is 1. The highest BCUT2D eigenvalue weighted by Gasteiger charge is 2.47. The van der Waals surface area contributed by atoms with Crippen LogP contribution in [0.15, 0.2) is 72.6 Å². The monoisotopic (exact) mass is 422 g/mol. The van der Waals surface area contributed by atoms with Crippen LogP contribution < -0.4 is 9.64 Å². The van der Waals surface area contributed by atoms with Crippen LogP contribution in [0.5, 0.6) is 5.75 Å².